The number of rotatable bonds is 4. The maximum atomic E-state index is 11.4. The summed E-state index contributed by atoms with van der Waals surface area (Å²) in [6.45, 7) is 4.95. The topological polar surface area (TPSA) is 51.3 Å². The second-order valence-corrected chi connectivity index (χ2v) is 7.05. The first kappa shape index (κ1) is 14.8. The predicted molar refractivity (Wildman–Crippen MR) is 92.5 cm³/mol. The molecule has 1 aromatic heterocycles. The molecule has 0 radical (unpaired) electrons. The lowest BCUT2D eigenvalue weighted by Crippen LogP contribution is -2.46. The lowest BCUT2D eigenvalue weighted by molar-refractivity contribution is -0.118. The van der Waals surface area contributed by atoms with Crippen molar-refractivity contribution in [1.29, 1.82) is 0 Å². The molecule has 0 unspecified atom stereocenters. The summed E-state index contributed by atoms with van der Waals surface area (Å²) in [5, 5.41) is 1.38. The highest BCUT2D eigenvalue weighted by molar-refractivity contribution is 5.90. The maximum Gasteiger partial charge on any atom is 0.237 e. The van der Waals surface area contributed by atoms with Crippen LogP contribution in [0.15, 0.2) is 24.4 Å². The first-order chi connectivity index (χ1) is 11.2. The molecule has 1 amide bonds. The summed E-state index contributed by atoms with van der Waals surface area (Å²) in [5.41, 5.74) is 9.47. The van der Waals surface area contributed by atoms with Crippen molar-refractivity contribution in [2.75, 3.05) is 13.1 Å². The van der Waals surface area contributed by atoms with Crippen LogP contribution in [0.5, 0.6) is 0 Å². The van der Waals surface area contributed by atoms with Crippen LogP contribution in [0.25, 0.3) is 10.9 Å². The molecule has 1 aromatic carbocycles. The van der Waals surface area contributed by atoms with Crippen molar-refractivity contribution in [3.05, 3.63) is 35.5 Å². The smallest absolute Gasteiger partial charge is 0.237 e. The number of likely N-dealkylation sites (tertiary alicyclic amines) is 1. The molecule has 2 heterocycles. The van der Waals surface area contributed by atoms with Crippen LogP contribution in [-0.2, 0) is 17.8 Å². The van der Waals surface area contributed by atoms with E-state index in [1.54, 1.807) is 0 Å². The van der Waals surface area contributed by atoms with E-state index in [9.17, 15) is 4.79 Å². The van der Waals surface area contributed by atoms with Crippen LogP contribution >= 0.6 is 0 Å². The zero-order chi connectivity index (χ0) is 16.0. The van der Waals surface area contributed by atoms with Crippen LogP contribution in [0.3, 0.4) is 0 Å². The number of carbonyl (C=O) groups is 1. The number of nitrogens with two attached hydrogens (primary N) is 1. The highest BCUT2D eigenvalue weighted by Gasteiger charge is 2.37. The van der Waals surface area contributed by atoms with Gasteiger partial charge in [0.15, 0.2) is 0 Å². The van der Waals surface area contributed by atoms with E-state index in [2.05, 4.69) is 36.2 Å². The zero-order valence-electron chi connectivity index (χ0n) is 13.8. The number of nitrogens with zero attached hydrogens (tertiary/aromatic N) is 2. The Morgan fingerprint density at radius 1 is 1.39 bits per heavy atom. The van der Waals surface area contributed by atoms with Gasteiger partial charge in [-0.25, -0.2) is 0 Å². The Kier molecular flexibility index (Phi) is 3.64. The van der Waals surface area contributed by atoms with Crippen LogP contribution < -0.4 is 5.73 Å². The summed E-state index contributed by atoms with van der Waals surface area (Å²) in [6.07, 6.45) is 7.04. The third-order valence-electron chi connectivity index (χ3n) is 5.58. The van der Waals surface area contributed by atoms with E-state index < -0.39 is 0 Å². The Hall–Kier alpha value is -1.81. The van der Waals surface area contributed by atoms with Gasteiger partial charge in [0.2, 0.25) is 5.91 Å². The molecule has 1 aliphatic heterocycles. The summed E-state index contributed by atoms with van der Waals surface area (Å²) in [5.74, 6) is 0.360. The number of hydrogen-bond acceptors (Lipinski definition) is 2. The Labute approximate surface area is 137 Å². The van der Waals surface area contributed by atoms with E-state index in [4.69, 9.17) is 5.73 Å². The van der Waals surface area contributed by atoms with Gasteiger partial charge in [0.25, 0.3) is 0 Å². The van der Waals surface area contributed by atoms with Crippen LogP contribution in [0.2, 0.25) is 0 Å². The van der Waals surface area contributed by atoms with Gasteiger partial charge in [0.1, 0.15) is 6.54 Å². The van der Waals surface area contributed by atoms with Crippen molar-refractivity contribution in [2.45, 2.75) is 51.1 Å². The van der Waals surface area contributed by atoms with E-state index in [0.29, 0.717) is 12.0 Å². The Bertz CT molecular complexity index is 746. The Balaban J connectivity index is 1.81. The standard InChI is InChI=1S/C19H25N3O/c1-2-8-21-9-4-6-14-15-5-3-7-16-19(15)13(10-17(14)21)11-22(16)12-18(20)23/h3,5,7,11,14,17H,2,4,6,8-10,12H2,1H3,(H2,20,23)/t14-,17-/m0/s1. The van der Waals surface area contributed by atoms with Crippen molar-refractivity contribution in [3.8, 4) is 0 Å². The van der Waals surface area contributed by atoms with Crippen molar-refractivity contribution >= 4 is 16.8 Å². The molecule has 0 saturated carbocycles. The number of amides is 1. The van der Waals surface area contributed by atoms with Gasteiger partial charge in [-0.05, 0) is 56.0 Å². The molecule has 122 valence electrons. The highest BCUT2D eigenvalue weighted by atomic mass is 16.1. The SMILES string of the molecule is CCCN1CCC[C@H]2c3cccc4c3c(cn4CC(N)=O)C[C@@H]21. The fraction of sp³-hybridized carbons (Fsp3) is 0.526. The minimum atomic E-state index is -0.275. The summed E-state index contributed by atoms with van der Waals surface area (Å²) in [7, 11) is 0. The summed E-state index contributed by atoms with van der Waals surface area (Å²) >= 11 is 0. The molecular weight excluding hydrogens is 286 g/mol. The van der Waals surface area contributed by atoms with Crippen molar-refractivity contribution < 1.29 is 4.79 Å². The summed E-state index contributed by atoms with van der Waals surface area (Å²) in [6, 6.07) is 7.18. The molecule has 2 aliphatic rings. The van der Waals surface area contributed by atoms with Crippen LogP contribution in [0.4, 0.5) is 0 Å². The molecule has 0 spiro atoms. The van der Waals surface area contributed by atoms with E-state index in [1.165, 1.54) is 54.4 Å². The second kappa shape index (κ2) is 5.68. The zero-order valence-corrected chi connectivity index (χ0v) is 13.8. The fourth-order valence-corrected chi connectivity index (χ4v) is 4.78. The van der Waals surface area contributed by atoms with Gasteiger partial charge < -0.3 is 10.3 Å². The average molecular weight is 311 g/mol. The number of aromatic nitrogens is 1. The van der Waals surface area contributed by atoms with Crippen molar-refractivity contribution in [1.82, 2.24) is 9.47 Å². The van der Waals surface area contributed by atoms with Crippen LogP contribution in [-0.4, -0.2) is 34.5 Å². The molecule has 0 bridgehead atoms. The highest BCUT2D eigenvalue weighted by Crippen LogP contribution is 2.43. The van der Waals surface area contributed by atoms with Gasteiger partial charge in [0, 0.05) is 29.1 Å². The Morgan fingerprint density at radius 2 is 2.26 bits per heavy atom. The summed E-state index contributed by atoms with van der Waals surface area (Å²) < 4.78 is 2.04. The monoisotopic (exact) mass is 311 g/mol. The third kappa shape index (κ3) is 2.36. The van der Waals surface area contributed by atoms with Gasteiger partial charge in [-0.15, -0.1) is 0 Å². The first-order valence-corrected chi connectivity index (χ1v) is 8.82. The number of carbonyl (C=O) groups excluding carboxylic acids is 1. The first-order valence-electron chi connectivity index (χ1n) is 8.82. The molecule has 4 nitrogen and oxygen atoms in total. The van der Waals surface area contributed by atoms with E-state index in [0.717, 1.165) is 6.42 Å². The van der Waals surface area contributed by atoms with E-state index in [-0.39, 0.29) is 12.5 Å². The molecule has 2 atom stereocenters. The van der Waals surface area contributed by atoms with E-state index >= 15 is 0 Å². The Morgan fingerprint density at radius 3 is 3.04 bits per heavy atom. The lowest BCUT2D eigenvalue weighted by Gasteiger charge is -2.44. The molecule has 4 rings (SSSR count). The van der Waals surface area contributed by atoms with Crippen molar-refractivity contribution in [2.24, 2.45) is 5.73 Å². The van der Waals surface area contributed by atoms with Crippen molar-refractivity contribution in [3.63, 3.8) is 0 Å². The van der Waals surface area contributed by atoms with Gasteiger partial charge >= 0.3 is 0 Å². The quantitative estimate of drug-likeness (QED) is 0.943. The summed E-state index contributed by atoms with van der Waals surface area (Å²) in [4.78, 5) is 14.1. The number of fused-ring (bicyclic) bond motifs is 2. The minimum absolute atomic E-state index is 0.272. The fourth-order valence-electron chi connectivity index (χ4n) is 4.78. The van der Waals surface area contributed by atoms with Gasteiger partial charge in [0.05, 0.1) is 0 Å². The molecule has 1 saturated heterocycles. The average Bonchev–Trinajstić information content (AvgIpc) is 2.87. The molecule has 1 fully saturated rings. The van der Waals surface area contributed by atoms with Gasteiger partial charge in [-0.2, -0.15) is 0 Å². The van der Waals surface area contributed by atoms with E-state index in [1.807, 2.05) is 4.57 Å². The molecule has 4 heteroatoms. The van der Waals surface area contributed by atoms with Gasteiger partial charge in [-0.3, -0.25) is 9.69 Å². The maximum absolute atomic E-state index is 11.4. The number of benzene rings is 1. The number of piperidine rings is 1. The largest absolute Gasteiger partial charge is 0.368 e. The van der Waals surface area contributed by atoms with Gasteiger partial charge in [-0.1, -0.05) is 19.1 Å². The minimum Gasteiger partial charge on any atom is -0.368 e. The second-order valence-electron chi connectivity index (χ2n) is 7.05. The van der Waals surface area contributed by atoms with Crippen LogP contribution in [0.1, 0.15) is 43.2 Å². The molecular formula is C19H25N3O. The lowest BCUT2D eigenvalue weighted by atomic mass is 9.75. The molecule has 2 aromatic rings. The third-order valence-corrected chi connectivity index (χ3v) is 5.58. The number of primary amides is 1. The number of hydrogen-bond donors (Lipinski definition) is 1. The normalized spacial score (nSPS) is 23.9. The predicted octanol–water partition coefficient (Wildman–Crippen LogP) is 2.64. The molecule has 1 aliphatic carbocycles. The van der Waals surface area contributed by atoms with Crippen LogP contribution in [0, 0.1) is 0 Å². The molecule has 2 N–H and O–H groups in total. The molecule has 23 heavy (non-hydrogen) atoms.